The summed E-state index contributed by atoms with van der Waals surface area (Å²) >= 11 is 0. The van der Waals surface area contributed by atoms with Gasteiger partial charge in [-0.1, -0.05) is 25.5 Å². The lowest BCUT2D eigenvalue weighted by Crippen LogP contribution is -2.27. The van der Waals surface area contributed by atoms with Gasteiger partial charge in [-0.05, 0) is 6.42 Å². The molecule has 0 saturated heterocycles. The predicted molar refractivity (Wildman–Crippen MR) is 73.6 cm³/mol. The Morgan fingerprint density at radius 2 is 2.00 bits per heavy atom. The van der Waals surface area contributed by atoms with Crippen molar-refractivity contribution in [2.24, 2.45) is 0 Å². The first kappa shape index (κ1) is 16.0. The lowest BCUT2D eigenvalue weighted by molar-refractivity contribution is -0.117. The molecule has 0 fully saturated rings. The fourth-order valence-electron chi connectivity index (χ4n) is 1.31. The molecule has 4 nitrogen and oxygen atoms in total. The van der Waals surface area contributed by atoms with Gasteiger partial charge in [0.05, 0.1) is 0 Å². The van der Waals surface area contributed by atoms with E-state index in [1.165, 1.54) is 0 Å². The molecule has 0 radical (unpaired) electrons. The average Bonchev–Trinajstić information content (AvgIpc) is 2.36. The monoisotopic (exact) mass is 247 g/mol. The Morgan fingerprint density at radius 1 is 1.39 bits per heavy atom. The maximum Gasteiger partial charge on any atom is 0.263 e. The van der Waals surface area contributed by atoms with Crippen LogP contribution in [0.1, 0.15) is 19.8 Å². The third-order valence-corrected chi connectivity index (χ3v) is 2.22. The van der Waals surface area contributed by atoms with Gasteiger partial charge in [0.1, 0.15) is 11.6 Å². The topological polar surface area (TPSA) is 56.1 Å². The molecule has 1 N–H and O–H groups in total. The zero-order valence-corrected chi connectivity index (χ0v) is 11.0. The van der Waals surface area contributed by atoms with Gasteiger partial charge in [0, 0.05) is 25.8 Å². The number of amides is 1. The van der Waals surface area contributed by atoms with E-state index in [4.69, 9.17) is 5.26 Å². The molecule has 0 aromatic heterocycles. The minimum atomic E-state index is -0.330. The normalized spacial score (nSPS) is 10.3. The molecule has 0 unspecified atom stereocenters. The second kappa shape index (κ2) is 10.2. The summed E-state index contributed by atoms with van der Waals surface area (Å²) in [5, 5.41) is 11.7. The van der Waals surface area contributed by atoms with Crippen LogP contribution >= 0.6 is 0 Å². The number of carbonyl (C=O) groups excluding carboxylic acids is 1. The highest BCUT2D eigenvalue weighted by molar-refractivity contribution is 5.97. The quantitative estimate of drug-likeness (QED) is 0.293. The fourth-order valence-corrected chi connectivity index (χ4v) is 1.31. The van der Waals surface area contributed by atoms with E-state index in [-0.39, 0.29) is 11.5 Å². The Balaban J connectivity index is 4.60. The minimum absolute atomic E-state index is 0.106. The van der Waals surface area contributed by atoms with Crippen LogP contribution in [0.2, 0.25) is 0 Å². The first-order chi connectivity index (χ1) is 8.69. The van der Waals surface area contributed by atoms with Crippen LogP contribution in [-0.2, 0) is 4.79 Å². The van der Waals surface area contributed by atoms with Crippen LogP contribution in [0.5, 0.6) is 0 Å². The van der Waals surface area contributed by atoms with Gasteiger partial charge in [-0.25, -0.2) is 0 Å². The zero-order chi connectivity index (χ0) is 13.8. The van der Waals surface area contributed by atoms with Crippen LogP contribution in [0.15, 0.2) is 37.1 Å². The number of nitrogens with one attached hydrogen (secondary N) is 1. The lowest BCUT2D eigenvalue weighted by atomic mass is 10.2. The van der Waals surface area contributed by atoms with Crippen LogP contribution in [0, 0.1) is 11.3 Å². The highest BCUT2D eigenvalue weighted by atomic mass is 16.1. The van der Waals surface area contributed by atoms with Gasteiger partial charge in [0.25, 0.3) is 5.91 Å². The van der Waals surface area contributed by atoms with Crippen molar-refractivity contribution in [1.29, 1.82) is 5.26 Å². The summed E-state index contributed by atoms with van der Waals surface area (Å²) in [5.74, 6) is -0.330. The van der Waals surface area contributed by atoms with E-state index in [0.717, 1.165) is 12.8 Å². The lowest BCUT2D eigenvalue weighted by Gasteiger charge is -2.16. The van der Waals surface area contributed by atoms with Crippen molar-refractivity contribution in [3.63, 3.8) is 0 Å². The molecule has 18 heavy (non-hydrogen) atoms. The summed E-state index contributed by atoms with van der Waals surface area (Å²) in [6, 6.07) is 1.91. The van der Waals surface area contributed by atoms with Crippen LogP contribution in [0.4, 0.5) is 0 Å². The third kappa shape index (κ3) is 6.54. The average molecular weight is 247 g/mol. The van der Waals surface area contributed by atoms with Gasteiger partial charge in [-0.2, -0.15) is 5.26 Å². The second-order valence-electron chi connectivity index (χ2n) is 3.80. The molecule has 0 saturated carbocycles. The molecule has 0 rings (SSSR count). The molecular weight excluding hydrogens is 226 g/mol. The number of unbranched alkanes of at least 4 members (excludes halogenated alkanes) is 1. The maximum absolute atomic E-state index is 11.7. The molecule has 0 atom stereocenters. The molecule has 1 amide bonds. The number of nitrogens with zero attached hydrogens (tertiary/aromatic N) is 2. The molecule has 0 aliphatic carbocycles. The molecule has 98 valence electrons. The molecule has 0 spiro atoms. The summed E-state index contributed by atoms with van der Waals surface area (Å²) in [5.41, 5.74) is 0.106. The van der Waals surface area contributed by atoms with Gasteiger partial charge >= 0.3 is 0 Å². The van der Waals surface area contributed by atoms with E-state index < -0.39 is 0 Å². The molecule has 0 aromatic carbocycles. The zero-order valence-electron chi connectivity index (χ0n) is 11.0. The van der Waals surface area contributed by atoms with Crippen LogP contribution < -0.4 is 5.32 Å². The van der Waals surface area contributed by atoms with E-state index >= 15 is 0 Å². The van der Waals surface area contributed by atoms with Gasteiger partial charge in [0.2, 0.25) is 0 Å². The molecular formula is C14H21N3O. The van der Waals surface area contributed by atoms with Crippen molar-refractivity contribution >= 4 is 5.91 Å². The molecule has 4 heteroatoms. The van der Waals surface area contributed by atoms with Crippen LogP contribution in [-0.4, -0.2) is 30.4 Å². The Kier molecular flexibility index (Phi) is 9.01. The first-order valence-corrected chi connectivity index (χ1v) is 6.05. The Bertz CT molecular complexity index is 343. The van der Waals surface area contributed by atoms with Gasteiger partial charge < -0.3 is 10.2 Å². The molecule has 0 aliphatic rings. The van der Waals surface area contributed by atoms with E-state index in [1.54, 1.807) is 23.3 Å². The second-order valence-corrected chi connectivity index (χ2v) is 3.80. The SMILES string of the molecule is C=CCN(/C=C(/C#N)C(=O)NCCCC)CC=C. The Morgan fingerprint density at radius 3 is 2.44 bits per heavy atom. The van der Waals surface area contributed by atoms with E-state index in [0.29, 0.717) is 19.6 Å². The van der Waals surface area contributed by atoms with Crippen molar-refractivity contribution < 1.29 is 4.79 Å². The molecule has 0 heterocycles. The predicted octanol–water partition coefficient (Wildman–Crippen LogP) is 1.98. The largest absolute Gasteiger partial charge is 0.369 e. The highest BCUT2D eigenvalue weighted by Gasteiger charge is 2.09. The summed E-state index contributed by atoms with van der Waals surface area (Å²) in [7, 11) is 0. The van der Waals surface area contributed by atoms with Crippen molar-refractivity contribution in [2.45, 2.75) is 19.8 Å². The van der Waals surface area contributed by atoms with Crippen LogP contribution in [0.3, 0.4) is 0 Å². The van der Waals surface area contributed by atoms with E-state index in [2.05, 4.69) is 18.5 Å². The third-order valence-electron chi connectivity index (χ3n) is 2.22. The Labute approximate surface area is 109 Å². The number of hydrogen-bond donors (Lipinski definition) is 1. The van der Waals surface area contributed by atoms with Gasteiger partial charge in [-0.15, -0.1) is 13.2 Å². The number of rotatable bonds is 9. The number of nitriles is 1. The maximum atomic E-state index is 11.7. The summed E-state index contributed by atoms with van der Waals surface area (Å²) in [6.07, 6.45) is 6.89. The summed E-state index contributed by atoms with van der Waals surface area (Å²) < 4.78 is 0. The first-order valence-electron chi connectivity index (χ1n) is 6.05. The highest BCUT2D eigenvalue weighted by Crippen LogP contribution is 1.99. The van der Waals surface area contributed by atoms with E-state index in [1.807, 2.05) is 13.0 Å². The van der Waals surface area contributed by atoms with Crippen molar-refractivity contribution in [2.75, 3.05) is 19.6 Å². The molecule has 0 aliphatic heterocycles. The van der Waals surface area contributed by atoms with Gasteiger partial charge in [-0.3, -0.25) is 4.79 Å². The van der Waals surface area contributed by atoms with Crippen molar-refractivity contribution in [1.82, 2.24) is 10.2 Å². The van der Waals surface area contributed by atoms with Crippen molar-refractivity contribution in [3.8, 4) is 6.07 Å². The van der Waals surface area contributed by atoms with Gasteiger partial charge in [0.15, 0.2) is 0 Å². The Hall–Kier alpha value is -2.02. The summed E-state index contributed by atoms with van der Waals surface area (Å²) in [6.45, 7) is 11.0. The standard InChI is InChI=1S/C14H21N3O/c1-4-7-8-16-14(18)13(11-15)12-17(9-5-2)10-6-3/h5-6,12H,2-4,7-10H2,1H3,(H,16,18)/b13-12-. The smallest absolute Gasteiger partial charge is 0.263 e. The minimum Gasteiger partial charge on any atom is -0.369 e. The van der Waals surface area contributed by atoms with Crippen LogP contribution in [0.25, 0.3) is 0 Å². The number of hydrogen-bond acceptors (Lipinski definition) is 3. The fraction of sp³-hybridized carbons (Fsp3) is 0.429. The van der Waals surface area contributed by atoms with E-state index in [9.17, 15) is 4.79 Å². The summed E-state index contributed by atoms with van der Waals surface area (Å²) in [4.78, 5) is 13.5. The number of carbonyl (C=O) groups is 1. The molecule has 0 aromatic rings. The van der Waals surface area contributed by atoms with Crippen molar-refractivity contribution in [3.05, 3.63) is 37.1 Å². The molecule has 0 bridgehead atoms.